The number of para-hydroxylation sites is 1. The zero-order chi connectivity index (χ0) is 13.1. The summed E-state index contributed by atoms with van der Waals surface area (Å²) in [5, 5.41) is 7.13. The Morgan fingerprint density at radius 3 is 2.84 bits per heavy atom. The Morgan fingerprint density at radius 2 is 2.00 bits per heavy atom. The third-order valence-electron chi connectivity index (χ3n) is 2.82. The summed E-state index contributed by atoms with van der Waals surface area (Å²) in [7, 11) is 1.86. The van der Waals surface area contributed by atoms with Crippen LogP contribution in [0.15, 0.2) is 64.3 Å². The lowest BCUT2D eigenvalue weighted by Crippen LogP contribution is -2.10. The predicted octanol–water partition coefficient (Wildman–Crippen LogP) is 3.30. The summed E-state index contributed by atoms with van der Waals surface area (Å²) in [6.07, 6.45) is 3.28. The van der Waals surface area contributed by atoms with Gasteiger partial charge in [0, 0.05) is 12.4 Å². The first-order chi connectivity index (χ1) is 9.33. The molecule has 0 aliphatic carbocycles. The average molecular weight is 251 g/mol. The Kier molecular flexibility index (Phi) is 2.98. The number of rotatable bonds is 3. The summed E-state index contributed by atoms with van der Waals surface area (Å²) in [5.74, 6) is 1.51. The molecular weight excluding hydrogens is 238 g/mol. The van der Waals surface area contributed by atoms with Crippen LogP contribution in [0.5, 0.6) is 0 Å². The van der Waals surface area contributed by atoms with E-state index < -0.39 is 0 Å². The lowest BCUT2D eigenvalue weighted by molar-refractivity contribution is 0.560. The molecule has 0 aliphatic rings. The van der Waals surface area contributed by atoms with E-state index >= 15 is 0 Å². The molecule has 3 aromatic rings. The minimum Gasteiger partial charge on any atom is -0.463 e. The Morgan fingerprint density at radius 1 is 1.11 bits per heavy atom. The zero-order valence-electron chi connectivity index (χ0n) is 10.5. The third kappa shape index (κ3) is 2.47. The summed E-state index contributed by atoms with van der Waals surface area (Å²) in [5.41, 5.74) is 0.958. The largest absolute Gasteiger partial charge is 0.463 e. The van der Waals surface area contributed by atoms with Gasteiger partial charge >= 0.3 is 0 Å². The van der Waals surface area contributed by atoms with E-state index in [1.165, 1.54) is 0 Å². The molecule has 0 saturated carbocycles. The van der Waals surface area contributed by atoms with Gasteiger partial charge in [0.05, 0.1) is 18.0 Å². The number of fused-ring (bicyclic) bond motifs is 1. The number of hydrogen-bond acceptors (Lipinski definition) is 4. The third-order valence-corrected chi connectivity index (χ3v) is 2.82. The summed E-state index contributed by atoms with van der Waals surface area (Å²) >= 11 is 0. The molecule has 0 unspecified atom stereocenters. The van der Waals surface area contributed by atoms with Crippen LogP contribution in [-0.4, -0.2) is 18.2 Å². The number of aromatic nitrogens is 1. The van der Waals surface area contributed by atoms with Crippen molar-refractivity contribution in [1.82, 2.24) is 4.98 Å². The van der Waals surface area contributed by atoms with Gasteiger partial charge < -0.3 is 4.42 Å². The Hall–Kier alpha value is -2.62. The van der Waals surface area contributed by atoms with Gasteiger partial charge in [-0.1, -0.05) is 18.2 Å². The van der Waals surface area contributed by atoms with Gasteiger partial charge in [-0.2, -0.15) is 5.10 Å². The van der Waals surface area contributed by atoms with Crippen LogP contribution in [0.2, 0.25) is 0 Å². The van der Waals surface area contributed by atoms with Crippen molar-refractivity contribution < 1.29 is 4.42 Å². The van der Waals surface area contributed by atoms with E-state index in [9.17, 15) is 0 Å². The first-order valence-corrected chi connectivity index (χ1v) is 6.00. The molecule has 0 atom stereocenters. The molecule has 1 aromatic carbocycles. The van der Waals surface area contributed by atoms with Crippen LogP contribution in [0.3, 0.4) is 0 Å². The van der Waals surface area contributed by atoms with Crippen molar-refractivity contribution in [2.45, 2.75) is 0 Å². The molecular formula is C15H13N3O. The van der Waals surface area contributed by atoms with Crippen molar-refractivity contribution >= 4 is 22.9 Å². The second-order valence-electron chi connectivity index (χ2n) is 4.15. The van der Waals surface area contributed by atoms with Crippen LogP contribution in [0.4, 0.5) is 5.82 Å². The SMILES string of the molecule is CN(/N=C/c1ccco1)c1ccc2ccccc2n1. The van der Waals surface area contributed by atoms with Crippen LogP contribution < -0.4 is 5.01 Å². The number of pyridine rings is 1. The van der Waals surface area contributed by atoms with Crippen molar-refractivity contribution in [2.24, 2.45) is 5.10 Å². The highest BCUT2D eigenvalue weighted by atomic mass is 16.3. The molecule has 3 rings (SSSR count). The first-order valence-electron chi connectivity index (χ1n) is 6.00. The smallest absolute Gasteiger partial charge is 0.149 e. The van der Waals surface area contributed by atoms with E-state index in [2.05, 4.69) is 10.1 Å². The van der Waals surface area contributed by atoms with Crippen LogP contribution in [0, 0.1) is 0 Å². The number of benzene rings is 1. The molecule has 4 heteroatoms. The fraction of sp³-hybridized carbons (Fsp3) is 0.0667. The van der Waals surface area contributed by atoms with Crippen LogP contribution in [0.1, 0.15) is 5.76 Å². The van der Waals surface area contributed by atoms with E-state index in [1.807, 2.05) is 55.6 Å². The van der Waals surface area contributed by atoms with Gasteiger partial charge in [0.1, 0.15) is 11.6 Å². The topological polar surface area (TPSA) is 41.6 Å². The van der Waals surface area contributed by atoms with E-state index in [0.717, 1.165) is 16.7 Å². The molecule has 4 nitrogen and oxygen atoms in total. The zero-order valence-corrected chi connectivity index (χ0v) is 10.5. The van der Waals surface area contributed by atoms with Gasteiger partial charge in [-0.25, -0.2) is 4.98 Å². The summed E-state index contributed by atoms with van der Waals surface area (Å²) in [6.45, 7) is 0. The van der Waals surface area contributed by atoms with Crippen molar-refractivity contribution in [3.63, 3.8) is 0 Å². The lowest BCUT2D eigenvalue weighted by atomic mass is 10.2. The normalized spacial score (nSPS) is 11.2. The maximum Gasteiger partial charge on any atom is 0.149 e. The van der Waals surface area contributed by atoms with Gasteiger partial charge in [0.2, 0.25) is 0 Å². The van der Waals surface area contributed by atoms with Gasteiger partial charge in [-0.05, 0) is 30.3 Å². The van der Waals surface area contributed by atoms with Gasteiger partial charge in [-0.3, -0.25) is 5.01 Å². The molecule has 0 bridgehead atoms. The van der Waals surface area contributed by atoms with Crippen molar-refractivity contribution in [1.29, 1.82) is 0 Å². The van der Waals surface area contributed by atoms with Crippen molar-refractivity contribution in [3.8, 4) is 0 Å². The molecule has 2 heterocycles. The number of hydrogen-bond donors (Lipinski definition) is 0. The number of furan rings is 1. The van der Waals surface area contributed by atoms with Crippen LogP contribution >= 0.6 is 0 Å². The van der Waals surface area contributed by atoms with Gasteiger partial charge in [0.15, 0.2) is 0 Å². The highest BCUT2D eigenvalue weighted by molar-refractivity contribution is 5.80. The standard InChI is InChI=1S/C15H13N3O/c1-18(16-11-13-6-4-10-19-13)15-9-8-12-5-2-3-7-14(12)17-15/h2-11H,1H3/b16-11+. The lowest BCUT2D eigenvalue weighted by Gasteiger charge is -2.11. The summed E-state index contributed by atoms with van der Waals surface area (Å²) < 4.78 is 5.19. The predicted molar refractivity (Wildman–Crippen MR) is 76.4 cm³/mol. The average Bonchev–Trinajstić information content (AvgIpc) is 2.97. The van der Waals surface area contributed by atoms with Crippen LogP contribution in [0.25, 0.3) is 10.9 Å². The number of nitrogens with zero attached hydrogens (tertiary/aromatic N) is 3. The molecule has 19 heavy (non-hydrogen) atoms. The van der Waals surface area contributed by atoms with E-state index in [-0.39, 0.29) is 0 Å². The minimum absolute atomic E-state index is 0.715. The number of anilines is 1. The van der Waals surface area contributed by atoms with Gasteiger partial charge in [-0.15, -0.1) is 0 Å². The summed E-state index contributed by atoms with van der Waals surface area (Å²) in [4.78, 5) is 4.56. The molecule has 0 saturated heterocycles. The fourth-order valence-corrected chi connectivity index (χ4v) is 1.80. The molecule has 94 valence electrons. The van der Waals surface area contributed by atoms with Gasteiger partial charge in [0.25, 0.3) is 0 Å². The van der Waals surface area contributed by atoms with E-state index in [4.69, 9.17) is 4.42 Å². The Bertz CT molecular complexity index is 704. The molecule has 0 N–H and O–H groups in total. The molecule has 0 amide bonds. The monoisotopic (exact) mass is 251 g/mol. The number of hydrazone groups is 1. The van der Waals surface area contributed by atoms with E-state index in [0.29, 0.717) is 5.76 Å². The maximum atomic E-state index is 5.19. The highest BCUT2D eigenvalue weighted by Crippen LogP contribution is 2.17. The molecule has 0 spiro atoms. The molecule has 0 fully saturated rings. The Balaban J connectivity index is 1.87. The second-order valence-corrected chi connectivity index (χ2v) is 4.15. The first kappa shape index (κ1) is 11.5. The maximum absolute atomic E-state index is 5.19. The van der Waals surface area contributed by atoms with Crippen LogP contribution in [-0.2, 0) is 0 Å². The summed E-state index contributed by atoms with van der Waals surface area (Å²) in [6, 6.07) is 15.7. The second kappa shape index (κ2) is 4.94. The molecule has 0 aliphatic heterocycles. The minimum atomic E-state index is 0.715. The van der Waals surface area contributed by atoms with E-state index in [1.54, 1.807) is 17.5 Å². The highest BCUT2D eigenvalue weighted by Gasteiger charge is 2.01. The molecule has 0 radical (unpaired) electrons. The quantitative estimate of drug-likeness (QED) is 0.530. The Labute approximate surface area is 111 Å². The molecule has 2 aromatic heterocycles. The van der Waals surface area contributed by atoms with Crippen molar-refractivity contribution in [2.75, 3.05) is 12.1 Å². The fourth-order valence-electron chi connectivity index (χ4n) is 1.80. The van der Waals surface area contributed by atoms with Crippen molar-refractivity contribution in [3.05, 3.63) is 60.6 Å².